The molecule has 2 aromatic carbocycles. The molecule has 0 spiro atoms. The first-order valence-electron chi connectivity index (χ1n) is 12.2. The van der Waals surface area contributed by atoms with Crippen molar-refractivity contribution >= 4 is 26.6 Å². The van der Waals surface area contributed by atoms with Gasteiger partial charge in [0, 0.05) is 54.1 Å². The molecule has 0 aliphatic carbocycles. The normalized spacial score (nSPS) is 11.6. The number of para-hydroxylation sites is 1. The summed E-state index contributed by atoms with van der Waals surface area (Å²) in [5, 5.41) is 12.4. The molecule has 4 aromatic rings. The van der Waals surface area contributed by atoms with Crippen LogP contribution in [0.2, 0.25) is 0 Å². The van der Waals surface area contributed by atoms with Crippen molar-refractivity contribution in [3.8, 4) is 5.75 Å². The molecule has 198 valence electrons. The molecule has 38 heavy (non-hydrogen) atoms. The quantitative estimate of drug-likeness (QED) is 0.163. The van der Waals surface area contributed by atoms with Crippen molar-refractivity contribution in [3.05, 3.63) is 105 Å². The molecule has 1 N–H and O–H groups in total. The van der Waals surface area contributed by atoms with E-state index in [2.05, 4.69) is 9.97 Å². The molecule has 0 amide bonds. The van der Waals surface area contributed by atoms with Crippen LogP contribution in [-0.2, 0) is 16.4 Å². The zero-order valence-electron chi connectivity index (χ0n) is 20.9. The Morgan fingerprint density at radius 3 is 2.61 bits per heavy atom. The Bertz CT molecular complexity index is 1590. The third-order valence-corrected chi connectivity index (χ3v) is 8.18. The lowest BCUT2D eigenvalue weighted by molar-refractivity contribution is -0.387. The van der Waals surface area contributed by atoms with Crippen molar-refractivity contribution in [2.45, 2.75) is 31.1 Å². The van der Waals surface area contributed by atoms with Crippen molar-refractivity contribution in [2.24, 2.45) is 0 Å². The second-order valence-electron chi connectivity index (χ2n) is 8.77. The number of hydrogen-bond donors (Lipinski definition) is 1. The first-order valence-corrected chi connectivity index (χ1v) is 13.6. The van der Waals surface area contributed by atoms with E-state index in [1.165, 1.54) is 34.6 Å². The number of benzene rings is 2. The number of pyridine rings is 2. The van der Waals surface area contributed by atoms with E-state index in [0.717, 1.165) is 22.0 Å². The summed E-state index contributed by atoms with van der Waals surface area (Å²) >= 11 is 0. The van der Waals surface area contributed by atoms with Crippen LogP contribution in [0.4, 0.5) is 5.69 Å². The number of nitro benzene ring substituents is 1. The zero-order chi connectivity index (χ0) is 27.1. The number of rotatable bonds is 12. The first-order chi connectivity index (χ1) is 18.3. The molecule has 2 aromatic heterocycles. The van der Waals surface area contributed by atoms with Gasteiger partial charge < -0.3 is 9.72 Å². The number of H-pyrrole nitrogens is 1. The average molecular weight is 537 g/mol. The van der Waals surface area contributed by atoms with E-state index < -0.39 is 20.6 Å². The van der Waals surface area contributed by atoms with Gasteiger partial charge in [-0.2, -0.15) is 4.31 Å². The van der Waals surface area contributed by atoms with Gasteiger partial charge in [-0.15, -0.1) is 0 Å². The number of ether oxygens (including phenoxy) is 1. The fourth-order valence-electron chi connectivity index (χ4n) is 4.21. The summed E-state index contributed by atoms with van der Waals surface area (Å²) in [6, 6.07) is 15.8. The predicted molar refractivity (Wildman–Crippen MR) is 144 cm³/mol. The summed E-state index contributed by atoms with van der Waals surface area (Å²) in [7, 11) is -4.12. The number of aryl methyl sites for hydroxylation is 1. The fraction of sp³-hybridized carbons (Fsp3) is 0.259. The van der Waals surface area contributed by atoms with Gasteiger partial charge in [-0.1, -0.05) is 18.2 Å². The number of aromatic nitrogens is 2. The van der Waals surface area contributed by atoms with Crippen molar-refractivity contribution in [3.63, 3.8) is 0 Å². The van der Waals surface area contributed by atoms with E-state index in [0.29, 0.717) is 31.6 Å². The van der Waals surface area contributed by atoms with Gasteiger partial charge in [-0.3, -0.25) is 19.9 Å². The van der Waals surface area contributed by atoms with Crippen LogP contribution in [0.25, 0.3) is 10.9 Å². The predicted octanol–water partition coefficient (Wildman–Crippen LogP) is 4.23. The smallest absolute Gasteiger partial charge is 0.289 e. The fourth-order valence-corrected chi connectivity index (χ4v) is 5.85. The van der Waals surface area contributed by atoms with Crippen LogP contribution in [0.5, 0.6) is 5.75 Å². The Morgan fingerprint density at radius 1 is 1.03 bits per heavy atom. The van der Waals surface area contributed by atoms with E-state index in [1.54, 1.807) is 36.7 Å². The minimum absolute atomic E-state index is 0.156. The molecule has 0 atom stereocenters. The lowest BCUT2D eigenvalue weighted by Crippen LogP contribution is -2.34. The van der Waals surface area contributed by atoms with E-state index in [1.807, 2.05) is 13.0 Å². The van der Waals surface area contributed by atoms with E-state index in [4.69, 9.17) is 4.74 Å². The Labute approximate surface area is 220 Å². The van der Waals surface area contributed by atoms with Gasteiger partial charge in [-0.05, 0) is 62.1 Å². The van der Waals surface area contributed by atoms with Crippen molar-refractivity contribution in [2.75, 3.05) is 19.7 Å². The summed E-state index contributed by atoms with van der Waals surface area (Å²) in [6.07, 6.45) is 4.79. The monoisotopic (exact) mass is 536 g/mol. The molecule has 0 bridgehead atoms. The van der Waals surface area contributed by atoms with Crippen molar-refractivity contribution < 1.29 is 18.1 Å². The number of unbranched alkanes of at least 4 members (excludes halogenated alkanes) is 1. The number of hydrogen-bond acceptors (Lipinski definition) is 7. The Balaban J connectivity index is 1.44. The van der Waals surface area contributed by atoms with Crippen LogP contribution in [-0.4, -0.2) is 47.3 Å². The summed E-state index contributed by atoms with van der Waals surface area (Å²) in [4.78, 5) is 28.9. The minimum atomic E-state index is -4.12. The lowest BCUT2D eigenvalue weighted by Gasteiger charge is -2.22. The second-order valence-corrected chi connectivity index (χ2v) is 10.7. The van der Waals surface area contributed by atoms with Gasteiger partial charge in [-0.25, -0.2) is 8.42 Å². The van der Waals surface area contributed by atoms with E-state index >= 15 is 0 Å². The zero-order valence-corrected chi connectivity index (χ0v) is 21.7. The number of sulfonamides is 1. The topological polar surface area (TPSA) is 136 Å². The number of aromatic amines is 1. The third-order valence-electron chi connectivity index (χ3n) is 6.24. The highest BCUT2D eigenvalue weighted by molar-refractivity contribution is 7.89. The van der Waals surface area contributed by atoms with E-state index in [-0.39, 0.29) is 23.5 Å². The van der Waals surface area contributed by atoms with Gasteiger partial charge in [0.25, 0.3) is 5.69 Å². The summed E-state index contributed by atoms with van der Waals surface area (Å²) < 4.78 is 34.3. The molecule has 2 heterocycles. The third kappa shape index (κ3) is 6.24. The maximum absolute atomic E-state index is 13.5. The highest BCUT2D eigenvalue weighted by Gasteiger charge is 2.31. The molecule has 4 rings (SSSR count). The van der Waals surface area contributed by atoms with Gasteiger partial charge in [0.15, 0.2) is 4.90 Å². The largest absolute Gasteiger partial charge is 0.493 e. The minimum Gasteiger partial charge on any atom is -0.493 e. The van der Waals surface area contributed by atoms with Crippen molar-refractivity contribution in [1.29, 1.82) is 0 Å². The standard InChI is InChI=1S/C27H28N4O6S/c1-20-22-10-13-27(32)29-23(22)11-12-25(20)37-18-5-4-16-30(17-14-21-7-6-15-28-19-21)38(35,36)26-9-3-2-8-24(26)31(33)34/h2-3,6-13,15,19H,4-5,14,16-18H2,1H3,(H,29,32). The van der Waals surface area contributed by atoms with Crippen LogP contribution >= 0.6 is 0 Å². The second kappa shape index (κ2) is 12.0. The molecular formula is C27H28N4O6S. The van der Waals surface area contributed by atoms with Crippen LogP contribution in [0.15, 0.2) is 82.7 Å². The molecular weight excluding hydrogens is 508 g/mol. The molecule has 0 radical (unpaired) electrons. The average Bonchev–Trinajstić information content (AvgIpc) is 2.91. The molecule has 0 saturated heterocycles. The molecule has 11 heteroatoms. The van der Waals surface area contributed by atoms with Crippen LogP contribution in [0.3, 0.4) is 0 Å². The van der Waals surface area contributed by atoms with Gasteiger partial charge in [0.2, 0.25) is 15.6 Å². The number of nitrogens with one attached hydrogen (secondary N) is 1. The van der Waals surface area contributed by atoms with Gasteiger partial charge >= 0.3 is 0 Å². The van der Waals surface area contributed by atoms with Gasteiger partial charge in [0.05, 0.1) is 11.5 Å². The molecule has 0 aliphatic rings. The first kappa shape index (κ1) is 27.0. The lowest BCUT2D eigenvalue weighted by atomic mass is 10.1. The Morgan fingerprint density at radius 2 is 1.84 bits per heavy atom. The van der Waals surface area contributed by atoms with Crippen molar-refractivity contribution in [1.82, 2.24) is 14.3 Å². The summed E-state index contributed by atoms with van der Waals surface area (Å²) in [6.45, 7) is 2.60. The Kier molecular flexibility index (Phi) is 8.49. The molecule has 10 nitrogen and oxygen atoms in total. The van der Waals surface area contributed by atoms with Crippen LogP contribution in [0, 0.1) is 17.0 Å². The number of nitro groups is 1. The maximum Gasteiger partial charge on any atom is 0.289 e. The number of nitrogens with zero attached hydrogens (tertiary/aromatic N) is 3. The van der Waals surface area contributed by atoms with Gasteiger partial charge in [0.1, 0.15) is 5.75 Å². The Hall–Kier alpha value is -4.09. The van der Waals surface area contributed by atoms with E-state index in [9.17, 15) is 23.3 Å². The molecule has 0 aliphatic heterocycles. The SMILES string of the molecule is Cc1c(OCCCCN(CCc2cccnc2)S(=O)(=O)c2ccccc2[N+](=O)[O-])ccc2[nH]c(=O)ccc12. The summed E-state index contributed by atoms with van der Waals surface area (Å²) in [5.41, 5.74) is 1.87. The highest BCUT2D eigenvalue weighted by Crippen LogP contribution is 2.28. The number of fused-ring (bicyclic) bond motifs is 1. The molecule has 0 fully saturated rings. The van der Waals surface area contributed by atoms with Crippen LogP contribution < -0.4 is 10.3 Å². The molecule has 0 saturated carbocycles. The highest BCUT2D eigenvalue weighted by atomic mass is 32.2. The van der Waals surface area contributed by atoms with Crippen LogP contribution in [0.1, 0.15) is 24.0 Å². The summed E-state index contributed by atoms with van der Waals surface area (Å²) in [5.74, 6) is 0.686. The molecule has 0 unspecified atom stereocenters. The maximum atomic E-state index is 13.5.